The first-order valence-corrected chi connectivity index (χ1v) is 45.3. The molecule has 708 valence electrons. The van der Waals surface area contributed by atoms with Crippen LogP contribution in [0.4, 0.5) is 10.6 Å². The second-order valence-corrected chi connectivity index (χ2v) is 33.8. The van der Waals surface area contributed by atoms with Crippen molar-refractivity contribution in [2.75, 3.05) is 185 Å². The van der Waals surface area contributed by atoms with E-state index >= 15 is 0 Å². The highest BCUT2D eigenvalue weighted by Crippen LogP contribution is 2.40. The van der Waals surface area contributed by atoms with Crippen LogP contribution in [-0.2, 0) is 105 Å². The smallest absolute Gasteiger partial charge is 0.407 e. The SMILES string of the molecule is CO[C@H]1C[C@@H]2CC[C@@H](C)[C@@](O)(O2)C(=O)C(=O)N2CCCC[C@H]2C(=O)O[C@H]([C@H](C)C[C@@H]2CC[C@@H](OC(=O)NCCOCCOCCOCCOCCOCCOCCOCCOCCOCCOCCC(=O)N3CCC(n4nc(-c5cnc6[nH]ccc6c5)c5c(N)ncnc54)CC3)[C@H](OC)C2)CC(=O)[C@H](C)/C=C(\C)[C@@H](O)[C@@H](OC)C(=O)[C@H](C)C[C@H](C)/C=C/C=C/C=C/1C. The van der Waals surface area contributed by atoms with E-state index in [9.17, 15) is 43.8 Å². The number of pyridine rings is 1. The van der Waals surface area contributed by atoms with E-state index < -0.39 is 102 Å². The first-order chi connectivity index (χ1) is 61.4. The maximum atomic E-state index is 14.7. The number of alkyl carbamates (subject to hydrolysis) is 1. The number of esters is 1. The molecule has 5 aliphatic rings. The Hall–Kier alpha value is -7.95. The third kappa shape index (κ3) is 32.0. The molecule has 4 fully saturated rings. The molecule has 4 aliphatic heterocycles. The summed E-state index contributed by atoms with van der Waals surface area (Å²) in [4.78, 5) is 118. The number of H-pyrrole nitrogens is 1. The number of aliphatic hydroxyl groups excluding tert-OH is 1. The van der Waals surface area contributed by atoms with Gasteiger partial charge in [-0.3, -0.25) is 24.0 Å². The van der Waals surface area contributed by atoms with Crippen LogP contribution in [0.2, 0.25) is 0 Å². The topological polar surface area (TPSA) is 424 Å². The van der Waals surface area contributed by atoms with E-state index in [-0.39, 0.29) is 80.7 Å². The van der Waals surface area contributed by atoms with Crippen molar-refractivity contribution < 1.29 is 120 Å². The number of amides is 3. The summed E-state index contributed by atoms with van der Waals surface area (Å²) >= 11 is 0. The summed E-state index contributed by atoms with van der Waals surface area (Å²) < 4.78 is 94.0. The summed E-state index contributed by atoms with van der Waals surface area (Å²) in [6, 6.07) is 2.81. The third-order valence-electron chi connectivity index (χ3n) is 24.4. The number of nitrogens with zero attached hydrogens (tertiary/aromatic N) is 7. The lowest BCUT2D eigenvalue weighted by Crippen LogP contribution is -2.61. The molecule has 1 aliphatic carbocycles. The van der Waals surface area contributed by atoms with Gasteiger partial charge in [-0.1, -0.05) is 71.1 Å². The van der Waals surface area contributed by atoms with Crippen LogP contribution in [0, 0.1) is 35.5 Å². The largest absolute Gasteiger partial charge is 0.460 e. The number of hydrogen-bond donors (Lipinski definition) is 5. The number of allylic oxidation sites excluding steroid dienone is 6. The fourth-order valence-electron chi connectivity index (χ4n) is 16.9. The number of carbonyl (C=O) groups is 7. The van der Waals surface area contributed by atoms with Crippen LogP contribution in [0.25, 0.3) is 33.3 Å². The minimum atomic E-state index is -2.48. The third-order valence-corrected chi connectivity index (χ3v) is 24.4. The van der Waals surface area contributed by atoms with Gasteiger partial charge in [-0.15, -0.1) is 0 Å². The summed E-state index contributed by atoms with van der Waals surface area (Å²) in [6.07, 6.45) is 16.2. The molecule has 0 unspecified atom stereocenters. The van der Waals surface area contributed by atoms with Crippen molar-refractivity contribution in [3.8, 4) is 11.3 Å². The number of nitrogens with one attached hydrogen (secondary N) is 2. The van der Waals surface area contributed by atoms with Crippen molar-refractivity contribution in [2.45, 2.75) is 205 Å². The minimum Gasteiger partial charge on any atom is -0.460 e. The summed E-state index contributed by atoms with van der Waals surface area (Å²) in [7, 11) is 4.49. The van der Waals surface area contributed by atoms with Gasteiger partial charge in [0.05, 0.1) is 168 Å². The number of piperidine rings is 2. The molecule has 4 aromatic rings. The van der Waals surface area contributed by atoms with Gasteiger partial charge in [-0.2, -0.15) is 5.10 Å². The summed E-state index contributed by atoms with van der Waals surface area (Å²) in [6.45, 7) is 21.7. The summed E-state index contributed by atoms with van der Waals surface area (Å²) in [5.74, 6) is -8.25. The van der Waals surface area contributed by atoms with Gasteiger partial charge >= 0.3 is 12.1 Å². The van der Waals surface area contributed by atoms with Crippen LogP contribution in [0.1, 0.15) is 151 Å². The van der Waals surface area contributed by atoms with Crippen molar-refractivity contribution in [3.05, 3.63) is 78.5 Å². The monoisotopic (exact) mass is 1780 g/mol. The number of aromatic nitrogens is 6. The Labute approximate surface area is 746 Å². The Bertz CT molecular complexity index is 4170. The van der Waals surface area contributed by atoms with Crippen LogP contribution in [0.5, 0.6) is 0 Å². The normalized spacial score (nSPS) is 27.4. The van der Waals surface area contributed by atoms with Gasteiger partial charge in [0.2, 0.25) is 11.7 Å². The Morgan fingerprint density at radius 1 is 0.685 bits per heavy atom. The molecule has 127 heavy (non-hydrogen) atoms. The quantitative estimate of drug-likeness (QED) is 0.0120. The van der Waals surface area contributed by atoms with Gasteiger partial charge < -0.3 is 112 Å². The Morgan fingerprint density at radius 2 is 1.31 bits per heavy atom. The number of rotatable bonds is 42. The van der Waals surface area contributed by atoms with E-state index in [4.69, 9.17) is 86.6 Å². The number of fused-ring (bicyclic) bond motifs is 5. The number of Topliss-reactive ketones (excluding diaryl/α,β-unsaturated/α-hetero) is 3. The van der Waals surface area contributed by atoms with Crippen molar-refractivity contribution in [1.29, 1.82) is 0 Å². The first kappa shape index (κ1) is 103. The van der Waals surface area contributed by atoms with Gasteiger partial charge in [0, 0.05) is 101 Å². The zero-order valence-corrected chi connectivity index (χ0v) is 76.1. The molecule has 2 bridgehead atoms. The van der Waals surface area contributed by atoms with Crippen molar-refractivity contribution >= 4 is 69.1 Å². The summed E-state index contributed by atoms with van der Waals surface area (Å²) in [5, 5.41) is 33.2. The van der Waals surface area contributed by atoms with Gasteiger partial charge in [0.1, 0.15) is 59.7 Å². The molecule has 3 saturated heterocycles. The van der Waals surface area contributed by atoms with Crippen LogP contribution in [-0.4, -0.2) is 325 Å². The van der Waals surface area contributed by atoms with Gasteiger partial charge in [-0.25, -0.2) is 29.2 Å². The predicted octanol–water partition coefficient (Wildman–Crippen LogP) is 8.60. The molecule has 1 saturated carbocycles. The number of aliphatic hydroxyl groups is 2. The highest BCUT2D eigenvalue weighted by atomic mass is 16.6. The van der Waals surface area contributed by atoms with Crippen LogP contribution in [0.3, 0.4) is 0 Å². The molecule has 35 nitrogen and oxygen atoms in total. The molecule has 0 radical (unpaired) electrons. The number of nitrogens with two attached hydrogens (primary N) is 1. The number of methoxy groups -OCH3 is 3. The number of ether oxygens (including phenoxy) is 16. The number of cyclic esters (lactones) is 1. The molecule has 6 N–H and O–H groups in total. The lowest BCUT2D eigenvalue weighted by Gasteiger charge is -2.42. The lowest BCUT2D eigenvalue weighted by molar-refractivity contribution is -0.265. The van der Waals surface area contributed by atoms with Crippen molar-refractivity contribution in [3.63, 3.8) is 0 Å². The molecular formula is C92H140N10O25. The van der Waals surface area contributed by atoms with Crippen molar-refractivity contribution in [2.24, 2.45) is 35.5 Å². The zero-order valence-electron chi connectivity index (χ0n) is 76.1. The van der Waals surface area contributed by atoms with Gasteiger partial charge in [-0.05, 0) is 132 Å². The number of likely N-dealkylation sites (tertiary alicyclic amines) is 1. The second kappa shape index (κ2) is 54.6. The Morgan fingerprint density at radius 3 is 1.92 bits per heavy atom. The molecule has 9 rings (SSSR count). The van der Waals surface area contributed by atoms with Crippen LogP contribution < -0.4 is 11.1 Å². The van der Waals surface area contributed by atoms with Crippen LogP contribution >= 0.6 is 0 Å². The summed E-state index contributed by atoms with van der Waals surface area (Å²) in [5.41, 5.74) is 10.5. The predicted molar refractivity (Wildman–Crippen MR) is 470 cm³/mol. The first-order valence-electron chi connectivity index (χ1n) is 45.3. The maximum Gasteiger partial charge on any atom is 0.407 e. The van der Waals surface area contributed by atoms with E-state index in [1.165, 1.54) is 18.3 Å². The molecule has 35 heteroatoms. The average Bonchev–Trinajstić information content (AvgIpc) is 1.75. The Kier molecular flexibility index (Phi) is 44.2. The maximum absolute atomic E-state index is 14.7. The highest BCUT2D eigenvalue weighted by molar-refractivity contribution is 6.39. The molecule has 15 atom stereocenters. The molecular weight excluding hydrogens is 1650 g/mol. The molecule has 0 spiro atoms. The number of carbonyl (C=O) groups excluding carboxylic acids is 7. The highest BCUT2D eigenvalue weighted by Gasteiger charge is 2.53. The number of aromatic amines is 1. The standard InChI is InChI=1S/C92H140N10O25/c1-61-16-12-11-13-17-62(2)76(112-8)57-72-21-19-67(7)92(111,127-72)85(107)89(108)101-29-15-14-18-73(101)90(109)125-77(58-74(103)63(3)53-66(6)83(106)84(114-10)82(105)65(5)52-61)64(4)54-68-20-22-75(78(55-68)113-9)126-91(110)95-28-33-116-35-37-118-39-41-120-43-45-122-47-49-124-51-50-123-48-46-121-44-42-119-40-38-117-36-34-115-32-26-79(104)100-30-24-71(25-31-100)102-88-80(86(93)97-60-98-88)81(99-102)70-56-69-23-27-94-87(69)96-59-70/h11-13,16-17,23,27,53,56,59-61,63-65,67-68,71-73,75-78,83-84,106,111H,14-15,18-22,24-26,28-52,54-55,57-58H2,1-10H3,(H,94,96)(H,95,110)(H2,93,97,98)/b13-11+,16-12+,62-17+,66-53+/t61-,63-,64-,65-,67-,68+,72+,73+,75-,76+,77+,78-,83-,84+,92-/m1/s1. The average molecular weight is 1790 g/mol. The molecule has 3 amide bonds. The van der Waals surface area contributed by atoms with E-state index in [2.05, 4.69) is 25.3 Å². The van der Waals surface area contributed by atoms with Crippen molar-refractivity contribution in [1.82, 2.24) is 44.8 Å². The minimum absolute atomic E-state index is 0.0183. The molecule has 8 heterocycles. The fraction of sp³-hybridized carbons (Fsp3) is 0.707. The second-order valence-electron chi connectivity index (χ2n) is 33.8. The number of nitrogen functional groups attached to an aromatic ring is 1. The van der Waals surface area contributed by atoms with Gasteiger partial charge in [0.25, 0.3) is 11.7 Å². The lowest BCUT2D eigenvalue weighted by atomic mass is 9.78. The molecule has 0 aromatic carbocycles. The Balaban J connectivity index is 0.573. The molecule has 4 aromatic heterocycles. The fourth-order valence-corrected chi connectivity index (χ4v) is 16.9. The number of anilines is 1. The van der Waals surface area contributed by atoms with E-state index in [1.807, 2.05) is 79.1 Å². The zero-order chi connectivity index (χ0) is 91.0. The van der Waals surface area contributed by atoms with Crippen LogP contribution in [0.15, 0.2) is 78.5 Å². The number of hydrogen-bond acceptors (Lipinski definition) is 30. The number of ketones is 3. The van der Waals surface area contributed by atoms with Gasteiger partial charge in [0.15, 0.2) is 11.4 Å². The van der Waals surface area contributed by atoms with E-state index in [0.717, 1.165) is 35.0 Å². The van der Waals surface area contributed by atoms with E-state index in [1.54, 1.807) is 54.2 Å². The van der Waals surface area contributed by atoms with E-state index in [0.29, 0.717) is 225 Å².